The molecular formula is C17H17N3O2. The molecule has 0 saturated carbocycles. The third-order valence-corrected chi connectivity index (χ3v) is 3.16. The smallest absolute Gasteiger partial charge is 0.255 e. The van der Waals surface area contributed by atoms with E-state index in [1.807, 2.05) is 19.1 Å². The number of nitrogens with one attached hydrogen (secondary N) is 2. The molecule has 1 aromatic carbocycles. The number of rotatable bonds is 5. The van der Waals surface area contributed by atoms with E-state index in [2.05, 4.69) is 22.2 Å². The highest BCUT2D eigenvalue weighted by Gasteiger charge is 2.08. The fourth-order valence-corrected chi connectivity index (χ4v) is 1.92. The van der Waals surface area contributed by atoms with Crippen molar-refractivity contribution in [3.8, 4) is 0 Å². The first-order valence-electron chi connectivity index (χ1n) is 6.84. The SMILES string of the molecule is C=CC(=O)N[C@H](C)c1ccc(NC(=O)c2ccncc2)cc1. The maximum atomic E-state index is 12.0. The third kappa shape index (κ3) is 4.02. The van der Waals surface area contributed by atoms with Crippen LogP contribution in [-0.4, -0.2) is 16.8 Å². The second kappa shape index (κ2) is 7.17. The van der Waals surface area contributed by atoms with E-state index < -0.39 is 0 Å². The van der Waals surface area contributed by atoms with Crippen LogP contribution in [0.3, 0.4) is 0 Å². The molecule has 1 atom stereocenters. The van der Waals surface area contributed by atoms with Gasteiger partial charge in [-0.25, -0.2) is 0 Å². The molecule has 112 valence electrons. The van der Waals surface area contributed by atoms with Crippen molar-refractivity contribution in [1.82, 2.24) is 10.3 Å². The van der Waals surface area contributed by atoms with Gasteiger partial charge in [0.2, 0.25) is 5.91 Å². The molecule has 5 nitrogen and oxygen atoms in total. The van der Waals surface area contributed by atoms with Crippen molar-refractivity contribution in [2.45, 2.75) is 13.0 Å². The van der Waals surface area contributed by atoms with Gasteiger partial charge in [-0.15, -0.1) is 0 Å². The van der Waals surface area contributed by atoms with Crippen LogP contribution < -0.4 is 10.6 Å². The fraction of sp³-hybridized carbons (Fsp3) is 0.118. The van der Waals surface area contributed by atoms with Gasteiger partial charge in [-0.1, -0.05) is 18.7 Å². The van der Waals surface area contributed by atoms with Crippen LogP contribution in [0.25, 0.3) is 0 Å². The summed E-state index contributed by atoms with van der Waals surface area (Å²) in [6.07, 6.45) is 4.38. The van der Waals surface area contributed by atoms with E-state index in [9.17, 15) is 9.59 Å². The first-order chi connectivity index (χ1) is 10.6. The Hall–Kier alpha value is -2.95. The van der Waals surface area contributed by atoms with Crippen LogP contribution in [0.2, 0.25) is 0 Å². The Kier molecular flexibility index (Phi) is 5.03. The van der Waals surface area contributed by atoms with Crippen LogP contribution in [0, 0.1) is 0 Å². The Morgan fingerprint density at radius 1 is 1.14 bits per heavy atom. The quantitative estimate of drug-likeness (QED) is 0.833. The van der Waals surface area contributed by atoms with E-state index >= 15 is 0 Å². The summed E-state index contributed by atoms with van der Waals surface area (Å²) in [4.78, 5) is 27.2. The molecular weight excluding hydrogens is 278 g/mol. The van der Waals surface area contributed by atoms with Gasteiger partial charge in [0.1, 0.15) is 0 Å². The van der Waals surface area contributed by atoms with E-state index in [0.717, 1.165) is 5.56 Å². The molecule has 2 N–H and O–H groups in total. The topological polar surface area (TPSA) is 71.1 Å². The predicted molar refractivity (Wildman–Crippen MR) is 85.4 cm³/mol. The molecule has 2 aromatic rings. The minimum atomic E-state index is -0.220. The van der Waals surface area contributed by atoms with Gasteiger partial charge in [0, 0.05) is 23.6 Å². The molecule has 0 fully saturated rings. The Balaban J connectivity index is 2.01. The molecule has 0 bridgehead atoms. The van der Waals surface area contributed by atoms with Gasteiger partial charge >= 0.3 is 0 Å². The van der Waals surface area contributed by atoms with Gasteiger partial charge in [0.15, 0.2) is 0 Å². The molecule has 0 aliphatic rings. The number of hydrogen-bond donors (Lipinski definition) is 2. The zero-order valence-corrected chi connectivity index (χ0v) is 12.2. The lowest BCUT2D eigenvalue weighted by Crippen LogP contribution is -2.24. The average molecular weight is 295 g/mol. The van der Waals surface area contributed by atoms with Crippen molar-refractivity contribution in [3.05, 3.63) is 72.6 Å². The van der Waals surface area contributed by atoms with Gasteiger partial charge in [-0.2, -0.15) is 0 Å². The molecule has 1 aromatic heterocycles. The van der Waals surface area contributed by atoms with E-state index in [0.29, 0.717) is 11.3 Å². The first kappa shape index (κ1) is 15.4. The van der Waals surface area contributed by atoms with Crippen molar-refractivity contribution in [2.24, 2.45) is 0 Å². The standard InChI is InChI=1S/C17H17N3O2/c1-3-16(21)19-12(2)13-4-6-15(7-5-13)20-17(22)14-8-10-18-11-9-14/h3-12H,1H2,2H3,(H,19,21)(H,20,22)/t12-/m1/s1. The van der Waals surface area contributed by atoms with Crippen LogP contribution in [-0.2, 0) is 4.79 Å². The summed E-state index contributed by atoms with van der Waals surface area (Å²) in [7, 11) is 0. The van der Waals surface area contributed by atoms with Gasteiger partial charge in [-0.05, 0) is 42.8 Å². The molecule has 0 saturated heterocycles. The van der Waals surface area contributed by atoms with Crippen LogP contribution >= 0.6 is 0 Å². The molecule has 1 heterocycles. The number of nitrogens with zero attached hydrogens (tertiary/aromatic N) is 1. The molecule has 22 heavy (non-hydrogen) atoms. The summed E-state index contributed by atoms with van der Waals surface area (Å²) in [5.41, 5.74) is 2.18. The van der Waals surface area contributed by atoms with Crippen LogP contribution in [0.5, 0.6) is 0 Å². The molecule has 0 spiro atoms. The highest BCUT2D eigenvalue weighted by atomic mass is 16.2. The maximum absolute atomic E-state index is 12.0. The summed E-state index contributed by atoms with van der Waals surface area (Å²) in [6.45, 7) is 5.30. The Morgan fingerprint density at radius 3 is 2.36 bits per heavy atom. The number of carbonyl (C=O) groups is 2. The predicted octanol–water partition coefficient (Wildman–Crippen LogP) is 2.70. The Morgan fingerprint density at radius 2 is 1.77 bits per heavy atom. The largest absolute Gasteiger partial charge is 0.346 e. The monoisotopic (exact) mass is 295 g/mol. The number of benzene rings is 1. The highest BCUT2D eigenvalue weighted by molar-refractivity contribution is 6.04. The zero-order chi connectivity index (χ0) is 15.9. The molecule has 0 radical (unpaired) electrons. The van der Waals surface area contributed by atoms with E-state index in [1.54, 1.807) is 36.7 Å². The molecule has 0 aliphatic carbocycles. The van der Waals surface area contributed by atoms with E-state index in [-0.39, 0.29) is 17.9 Å². The van der Waals surface area contributed by atoms with Gasteiger partial charge < -0.3 is 10.6 Å². The van der Waals surface area contributed by atoms with E-state index in [4.69, 9.17) is 0 Å². The maximum Gasteiger partial charge on any atom is 0.255 e. The number of pyridine rings is 1. The molecule has 2 rings (SSSR count). The lowest BCUT2D eigenvalue weighted by Gasteiger charge is -2.13. The molecule has 2 amide bonds. The molecule has 0 aliphatic heterocycles. The number of carbonyl (C=O) groups excluding carboxylic acids is 2. The first-order valence-corrected chi connectivity index (χ1v) is 6.84. The van der Waals surface area contributed by atoms with Crippen molar-refractivity contribution in [1.29, 1.82) is 0 Å². The third-order valence-electron chi connectivity index (χ3n) is 3.16. The lowest BCUT2D eigenvalue weighted by atomic mass is 10.1. The highest BCUT2D eigenvalue weighted by Crippen LogP contribution is 2.16. The summed E-state index contributed by atoms with van der Waals surface area (Å²) in [5, 5.41) is 5.59. The van der Waals surface area contributed by atoms with Gasteiger partial charge in [0.05, 0.1) is 6.04 Å². The van der Waals surface area contributed by atoms with Crippen molar-refractivity contribution < 1.29 is 9.59 Å². The van der Waals surface area contributed by atoms with Crippen molar-refractivity contribution in [2.75, 3.05) is 5.32 Å². The molecule has 0 unspecified atom stereocenters. The number of anilines is 1. The van der Waals surface area contributed by atoms with Crippen LogP contribution in [0.1, 0.15) is 28.9 Å². The summed E-state index contributed by atoms with van der Waals surface area (Å²) in [6, 6.07) is 10.5. The second-order valence-electron chi connectivity index (χ2n) is 4.75. The summed E-state index contributed by atoms with van der Waals surface area (Å²) >= 11 is 0. The van der Waals surface area contributed by atoms with Gasteiger partial charge in [0.25, 0.3) is 5.91 Å². The normalized spacial score (nSPS) is 11.3. The Labute approximate surface area is 129 Å². The number of amides is 2. The van der Waals surface area contributed by atoms with Crippen LogP contribution in [0.15, 0.2) is 61.4 Å². The number of aromatic nitrogens is 1. The average Bonchev–Trinajstić information content (AvgIpc) is 2.56. The Bertz CT molecular complexity index is 666. The second-order valence-corrected chi connectivity index (χ2v) is 4.75. The van der Waals surface area contributed by atoms with Crippen molar-refractivity contribution >= 4 is 17.5 Å². The van der Waals surface area contributed by atoms with Crippen molar-refractivity contribution in [3.63, 3.8) is 0 Å². The zero-order valence-electron chi connectivity index (χ0n) is 12.2. The molecule has 5 heteroatoms. The minimum Gasteiger partial charge on any atom is -0.346 e. The lowest BCUT2D eigenvalue weighted by molar-refractivity contribution is -0.117. The number of hydrogen-bond acceptors (Lipinski definition) is 3. The summed E-state index contributed by atoms with van der Waals surface area (Å²) in [5.74, 6) is -0.411. The minimum absolute atomic E-state index is 0.129. The summed E-state index contributed by atoms with van der Waals surface area (Å²) < 4.78 is 0. The van der Waals surface area contributed by atoms with Crippen LogP contribution in [0.4, 0.5) is 5.69 Å². The van der Waals surface area contributed by atoms with Gasteiger partial charge in [-0.3, -0.25) is 14.6 Å². The fourth-order valence-electron chi connectivity index (χ4n) is 1.92. The van der Waals surface area contributed by atoms with E-state index in [1.165, 1.54) is 6.08 Å².